The van der Waals surface area contributed by atoms with Crippen LogP contribution >= 0.6 is 23.2 Å². The topological polar surface area (TPSA) is 86.8 Å². The van der Waals surface area contributed by atoms with Crippen LogP contribution in [0.4, 0.5) is 18.9 Å². The molecule has 0 radical (unpaired) electrons. The summed E-state index contributed by atoms with van der Waals surface area (Å²) in [6, 6.07) is 13.7. The predicted octanol–water partition coefficient (Wildman–Crippen LogP) is 7.24. The number of halogens is 5. The van der Waals surface area contributed by atoms with E-state index >= 15 is 0 Å². The molecule has 238 valence electrons. The minimum atomic E-state index is -4.89. The second kappa shape index (κ2) is 14.7. The molecule has 3 rings (SSSR count). The number of nitrogens with zero attached hydrogens (tertiary/aromatic N) is 2. The number of hydrogen-bond donors (Lipinski definition) is 1. The summed E-state index contributed by atoms with van der Waals surface area (Å²) in [7, 11) is -4.57. The fourth-order valence-corrected chi connectivity index (χ4v) is 6.16. The molecule has 0 saturated carbocycles. The molecule has 0 spiro atoms. The van der Waals surface area contributed by atoms with E-state index in [9.17, 15) is 31.2 Å². The maximum atomic E-state index is 14.1. The summed E-state index contributed by atoms with van der Waals surface area (Å²) in [4.78, 5) is 28.4. The number of benzene rings is 3. The first kappa shape index (κ1) is 35.2. The molecule has 0 heterocycles. The number of carbonyl (C=O) groups is 2. The highest BCUT2D eigenvalue weighted by atomic mass is 35.5. The van der Waals surface area contributed by atoms with E-state index in [2.05, 4.69) is 5.32 Å². The summed E-state index contributed by atoms with van der Waals surface area (Å²) in [5, 5.41) is 2.69. The number of rotatable bonds is 12. The summed E-state index contributed by atoms with van der Waals surface area (Å²) in [5.74, 6) is -1.24. The van der Waals surface area contributed by atoms with Crippen LogP contribution in [0.3, 0.4) is 0 Å². The van der Waals surface area contributed by atoms with E-state index in [1.807, 2.05) is 13.8 Å². The number of amides is 2. The van der Waals surface area contributed by atoms with Crippen LogP contribution in [0, 0.1) is 6.92 Å². The summed E-state index contributed by atoms with van der Waals surface area (Å²) in [6.07, 6.45) is -4.07. The second-order valence-electron chi connectivity index (χ2n) is 10.4. The van der Waals surface area contributed by atoms with Gasteiger partial charge in [0.05, 0.1) is 21.2 Å². The SMILES string of the molecule is CC[C@H](C(=O)N[C@@H](C)CC)N(Cc1ccc(Cl)cc1)C(=O)CN(c1ccc(Cl)c(C(F)(F)F)c1)S(=O)(=O)c1ccc(C)cc1. The Morgan fingerprint density at radius 3 is 2.09 bits per heavy atom. The molecular weight excluding hydrogens is 638 g/mol. The van der Waals surface area contributed by atoms with Crippen molar-refractivity contribution in [1.82, 2.24) is 10.2 Å². The molecule has 0 aromatic heterocycles. The Morgan fingerprint density at radius 1 is 0.932 bits per heavy atom. The van der Waals surface area contributed by atoms with Crippen molar-refractivity contribution in [3.8, 4) is 0 Å². The Bertz CT molecular complexity index is 1570. The summed E-state index contributed by atoms with van der Waals surface area (Å²) in [6.45, 7) is 6.17. The largest absolute Gasteiger partial charge is 0.417 e. The lowest BCUT2D eigenvalue weighted by Gasteiger charge is -2.34. The number of hydrogen-bond acceptors (Lipinski definition) is 4. The molecule has 0 aliphatic rings. The zero-order valence-electron chi connectivity index (χ0n) is 24.7. The molecule has 44 heavy (non-hydrogen) atoms. The maximum absolute atomic E-state index is 14.1. The Kier molecular flexibility index (Phi) is 11.7. The number of alkyl halides is 3. The first-order chi connectivity index (χ1) is 20.6. The van der Waals surface area contributed by atoms with Crippen molar-refractivity contribution in [3.63, 3.8) is 0 Å². The van der Waals surface area contributed by atoms with Gasteiger partial charge in [0.15, 0.2) is 0 Å². The van der Waals surface area contributed by atoms with Gasteiger partial charge in [-0.15, -0.1) is 0 Å². The Hall–Kier alpha value is -3.28. The van der Waals surface area contributed by atoms with Crippen LogP contribution in [0.5, 0.6) is 0 Å². The molecule has 0 aliphatic heterocycles. The number of nitrogens with one attached hydrogen (secondary N) is 1. The first-order valence-corrected chi connectivity index (χ1v) is 16.1. The summed E-state index contributed by atoms with van der Waals surface area (Å²) >= 11 is 11.9. The maximum Gasteiger partial charge on any atom is 0.417 e. The smallest absolute Gasteiger partial charge is 0.352 e. The van der Waals surface area contributed by atoms with E-state index in [0.717, 1.165) is 17.7 Å². The molecule has 1 N–H and O–H groups in total. The van der Waals surface area contributed by atoms with Gasteiger partial charge in [-0.1, -0.05) is 66.9 Å². The van der Waals surface area contributed by atoms with Crippen molar-refractivity contribution in [2.24, 2.45) is 0 Å². The molecule has 0 fully saturated rings. The third kappa shape index (κ3) is 8.67. The van der Waals surface area contributed by atoms with Crippen molar-refractivity contribution in [2.45, 2.75) is 70.2 Å². The molecule has 2 amide bonds. The van der Waals surface area contributed by atoms with Gasteiger partial charge in [-0.05, 0) is 74.7 Å². The minimum Gasteiger partial charge on any atom is -0.352 e. The molecule has 13 heteroatoms. The quantitative estimate of drug-likeness (QED) is 0.220. The van der Waals surface area contributed by atoms with Gasteiger partial charge in [-0.25, -0.2) is 8.42 Å². The lowest BCUT2D eigenvalue weighted by Crippen LogP contribution is -2.53. The number of carbonyl (C=O) groups excluding carboxylic acids is 2. The van der Waals surface area contributed by atoms with E-state index in [-0.39, 0.29) is 23.9 Å². The number of sulfonamides is 1. The van der Waals surface area contributed by atoms with Crippen LogP contribution < -0.4 is 9.62 Å². The van der Waals surface area contributed by atoms with E-state index in [1.54, 1.807) is 38.1 Å². The van der Waals surface area contributed by atoms with Gasteiger partial charge in [-0.3, -0.25) is 13.9 Å². The molecule has 3 aromatic carbocycles. The van der Waals surface area contributed by atoms with Crippen molar-refractivity contribution >= 4 is 50.7 Å². The predicted molar refractivity (Wildman–Crippen MR) is 166 cm³/mol. The van der Waals surface area contributed by atoms with E-state index < -0.39 is 56.9 Å². The third-order valence-corrected chi connectivity index (χ3v) is 9.45. The molecular formula is C31H34Cl2F3N3O4S. The second-order valence-corrected chi connectivity index (χ2v) is 13.1. The van der Waals surface area contributed by atoms with Gasteiger partial charge >= 0.3 is 6.18 Å². The third-order valence-electron chi connectivity index (χ3n) is 7.08. The fraction of sp³-hybridized carbons (Fsp3) is 0.355. The molecule has 7 nitrogen and oxygen atoms in total. The molecule has 0 aliphatic carbocycles. The van der Waals surface area contributed by atoms with Gasteiger partial charge in [0.2, 0.25) is 11.8 Å². The van der Waals surface area contributed by atoms with Crippen LogP contribution in [0.25, 0.3) is 0 Å². The average molecular weight is 673 g/mol. The van der Waals surface area contributed by atoms with Crippen molar-refractivity contribution in [3.05, 3.63) is 93.5 Å². The average Bonchev–Trinajstić information content (AvgIpc) is 2.96. The normalized spacial score (nSPS) is 13.2. The van der Waals surface area contributed by atoms with Gasteiger partial charge in [0, 0.05) is 17.6 Å². The van der Waals surface area contributed by atoms with E-state index in [0.29, 0.717) is 27.4 Å². The van der Waals surface area contributed by atoms with Crippen LogP contribution in [-0.2, 0) is 32.3 Å². The van der Waals surface area contributed by atoms with E-state index in [1.165, 1.54) is 29.2 Å². The standard InChI is InChI=1S/C31H34Cl2F3N3O4S/c1-5-21(4)37-30(41)28(6-2)38(18-22-9-11-23(32)12-10-22)29(40)19-39(44(42,43)25-14-7-20(3)8-15-25)24-13-16-27(33)26(17-24)31(34,35)36/h7-17,21,28H,5-6,18-19H2,1-4H3,(H,37,41)/t21-,28+/m0/s1. The van der Waals surface area contributed by atoms with Gasteiger partial charge in [0.1, 0.15) is 12.6 Å². The zero-order chi connectivity index (χ0) is 32.8. The highest BCUT2D eigenvalue weighted by Crippen LogP contribution is 2.38. The molecule has 0 unspecified atom stereocenters. The van der Waals surface area contributed by atoms with Gasteiger partial charge < -0.3 is 10.2 Å². The fourth-order valence-electron chi connectivity index (χ4n) is 4.40. The minimum absolute atomic E-state index is 0.0880. The highest BCUT2D eigenvalue weighted by molar-refractivity contribution is 7.92. The summed E-state index contributed by atoms with van der Waals surface area (Å²) < 4.78 is 69.9. The van der Waals surface area contributed by atoms with Crippen LogP contribution in [0.2, 0.25) is 10.0 Å². The zero-order valence-corrected chi connectivity index (χ0v) is 27.0. The molecule has 3 aromatic rings. The lowest BCUT2D eigenvalue weighted by atomic mass is 10.1. The van der Waals surface area contributed by atoms with E-state index in [4.69, 9.17) is 23.2 Å². The van der Waals surface area contributed by atoms with Crippen molar-refractivity contribution < 1.29 is 31.2 Å². The number of aryl methyl sites for hydroxylation is 1. The number of anilines is 1. The van der Waals surface area contributed by atoms with Crippen molar-refractivity contribution in [2.75, 3.05) is 10.8 Å². The molecule has 0 saturated heterocycles. The van der Waals surface area contributed by atoms with Crippen LogP contribution in [0.15, 0.2) is 71.6 Å². The van der Waals surface area contributed by atoms with Crippen LogP contribution in [0.1, 0.15) is 50.3 Å². The first-order valence-electron chi connectivity index (χ1n) is 13.9. The summed E-state index contributed by atoms with van der Waals surface area (Å²) in [5.41, 5.74) is -0.314. The monoisotopic (exact) mass is 671 g/mol. The van der Waals surface area contributed by atoms with Gasteiger partial charge in [-0.2, -0.15) is 13.2 Å². The Morgan fingerprint density at radius 2 is 1.55 bits per heavy atom. The Balaban J connectivity index is 2.15. The molecule has 0 bridgehead atoms. The van der Waals surface area contributed by atoms with Gasteiger partial charge in [0.25, 0.3) is 10.0 Å². The van der Waals surface area contributed by atoms with Crippen molar-refractivity contribution in [1.29, 1.82) is 0 Å². The lowest BCUT2D eigenvalue weighted by molar-refractivity contribution is -0.140. The van der Waals surface area contributed by atoms with Crippen LogP contribution in [-0.4, -0.2) is 43.8 Å². The molecule has 2 atom stereocenters. The Labute approximate surface area is 266 Å². The highest BCUT2D eigenvalue weighted by Gasteiger charge is 2.37.